The van der Waals surface area contributed by atoms with Crippen LogP contribution in [0.3, 0.4) is 0 Å². The zero-order chi connectivity index (χ0) is 17.5. The third kappa shape index (κ3) is 4.14. The summed E-state index contributed by atoms with van der Waals surface area (Å²) in [5, 5.41) is 18.6. The van der Waals surface area contributed by atoms with Gasteiger partial charge in [-0.3, -0.25) is 4.57 Å². The van der Waals surface area contributed by atoms with Crippen molar-refractivity contribution in [3.05, 3.63) is 29.8 Å². The van der Waals surface area contributed by atoms with Crippen molar-refractivity contribution in [3.8, 4) is 11.8 Å². The van der Waals surface area contributed by atoms with Crippen LogP contribution in [0.5, 0.6) is 0 Å². The summed E-state index contributed by atoms with van der Waals surface area (Å²) < 4.78 is 7.64. The molecule has 7 heteroatoms. The third-order valence-corrected chi connectivity index (χ3v) is 5.20. The van der Waals surface area contributed by atoms with Gasteiger partial charge in [-0.1, -0.05) is 36.9 Å². The molecule has 0 unspecified atom stereocenters. The van der Waals surface area contributed by atoms with Crippen molar-refractivity contribution < 1.29 is 4.74 Å². The van der Waals surface area contributed by atoms with Gasteiger partial charge in [0.25, 0.3) is 0 Å². The van der Waals surface area contributed by atoms with E-state index in [1.807, 2.05) is 0 Å². The molecule has 2 heterocycles. The first kappa shape index (κ1) is 17.8. The lowest BCUT2D eigenvalue weighted by atomic mass is 10.1. The fourth-order valence-corrected chi connectivity index (χ4v) is 3.76. The zero-order valence-electron chi connectivity index (χ0n) is 14.5. The summed E-state index contributed by atoms with van der Waals surface area (Å²) in [7, 11) is 0. The summed E-state index contributed by atoms with van der Waals surface area (Å²) in [4.78, 5) is 2.24. The minimum absolute atomic E-state index is 0.572. The molecular weight excluding hydrogens is 334 g/mol. The molecule has 1 aliphatic rings. The molecule has 0 atom stereocenters. The number of nitrogens with zero attached hydrogens (tertiary/aromatic N) is 5. The normalized spacial score (nSPS) is 14.5. The Labute approximate surface area is 152 Å². The average molecular weight is 357 g/mol. The van der Waals surface area contributed by atoms with Gasteiger partial charge < -0.3 is 9.64 Å². The molecule has 1 aromatic carbocycles. The highest BCUT2D eigenvalue weighted by atomic mass is 32.2. The second-order valence-corrected chi connectivity index (χ2v) is 6.87. The van der Waals surface area contributed by atoms with Gasteiger partial charge in [-0.2, -0.15) is 5.26 Å². The van der Waals surface area contributed by atoms with E-state index in [0.29, 0.717) is 19.6 Å². The summed E-state index contributed by atoms with van der Waals surface area (Å²) in [6, 6.07) is 10.6. The number of unbranched alkanes of at least 4 members (excludes halogenated alkanes) is 1. The minimum atomic E-state index is 0.572. The second kappa shape index (κ2) is 8.88. The molecule has 132 valence electrons. The van der Waals surface area contributed by atoms with Gasteiger partial charge in [-0.15, -0.1) is 10.2 Å². The standard InChI is InChI=1S/C18H23N5OS/c1-2-15-7-3-4-8-16(15)23-17(22-10-12-24-13-11-22)20-21-18(23)25-14-6-5-9-19/h3-4,7-8H,2,5-6,10-14H2,1H3. The van der Waals surface area contributed by atoms with Gasteiger partial charge in [0.15, 0.2) is 5.16 Å². The van der Waals surface area contributed by atoms with Crippen LogP contribution in [-0.4, -0.2) is 46.8 Å². The number of morpholine rings is 1. The Bertz CT molecular complexity index is 733. The number of rotatable bonds is 7. The molecule has 0 N–H and O–H groups in total. The van der Waals surface area contributed by atoms with E-state index in [1.54, 1.807) is 11.8 Å². The van der Waals surface area contributed by atoms with Crippen molar-refractivity contribution in [2.75, 3.05) is 37.0 Å². The SMILES string of the molecule is CCc1ccccc1-n1c(SCCCC#N)nnc1N1CCOCC1. The predicted molar refractivity (Wildman–Crippen MR) is 99.3 cm³/mol. The quantitative estimate of drug-likeness (QED) is 0.560. The van der Waals surface area contributed by atoms with Crippen LogP contribution in [0.15, 0.2) is 29.4 Å². The number of benzene rings is 1. The number of nitriles is 1. The summed E-state index contributed by atoms with van der Waals surface area (Å²) in [6.07, 6.45) is 2.38. The van der Waals surface area contributed by atoms with Crippen LogP contribution < -0.4 is 4.90 Å². The number of aromatic nitrogens is 3. The number of hydrogen-bond donors (Lipinski definition) is 0. The predicted octanol–water partition coefficient (Wildman–Crippen LogP) is 3.06. The maximum Gasteiger partial charge on any atom is 0.232 e. The molecule has 0 radical (unpaired) electrons. The van der Waals surface area contributed by atoms with Crippen LogP contribution in [0.25, 0.3) is 5.69 Å². The number of thioether (sulfide) groups is 1. The van der Waals surface area contributed by atoms with Gasteiger partial charge in [0, 0.05) is 25.3 Å². The average Bonchev–Trinajstić information content (AvgIpc) is 3.09. The van der Waals surface area contributed by atoms with E-state index in [2.05, 4.69) is 56.9 Å². The Balaban J connectivity index is 1.95. The Morgan fingerprint density at radius 3 is 2.80 bits per heavy atom. The Kier molecular flexibility index (Phi) is 6.31. The maximum absolute atomic E-state index is 8.73. The molecule has 0 aliphatic carbocycles. The molecule has 0 amide bonds. The maximum atomic E-state index is 8.73. The van der Waals surface area contributed by atoms with E-state index in [4.69, 9.17) is 10.00 Å². The molecule has 1 aliphatic heterocycles. The van der Waals surface area contributed by atoms with E-state index in [9.17, 15) is 0 Å². The number of ether oxygens (including phenoxy) is 1. The number of aryl methyl sites for hydroxylation is 1. The van der Waals surface area contributed by atoms with Gasteiger partial charge in [-0.05, 0) is 24.5 Å². The first-order valence-corrected chi connectivity index (χ1v) is 9.70. The fourth-order valence-electron chi connectivity index (χ4n) is 2.88. The summed E-state index contributed by atoms with van der Waals surface area (Å²) in [6.45, 7) is 5.24. The number of para-hydroxylation sites is 1. The zero-order valence-corrected chi connectivity index (χ0v) is 15.3. The van der Waals surface area contributed by atoms with Crippen molar-refractivity contribution in [1.82, 2.24) is 14.8 Å². The van der Waals surface area contributed by atoms with Crippen molar-refractivity contribution in [2.45, 2.75) is 31.3 Å². The van der Waals surface area contributed by atoms with E-state index < -0.39 is 0 Å². The van der Waals surface area contributed by atoms with Crippen molar-refractivity contribution in [2.24, 2.45) is 0 Å². The second-order valence-electron chi connectivity index (χ2n) is 5.81. The van der Waals surface area contributed by atoms with Crippen LogP contribution in [0.4, 0.5) is 5.95 Å². The Hall–Kier alpha value is -2.04. The highest BCUT2D eigenvalue weighted by Crippen LogP contribution is 2.29. The molecule has 6 nitrogen and oxygen atoms in total. The van der Waals surface area contributed by atoms with E-state index >= 15 is 0 Å². The van der Waals surface area contributed by atoms with Gasteiger partial charge in [0.2, 0.25) is 5.95 Å². The van der Waals surface area contributed by atoms with Crippen LogP contribution in [0, 0.1) is 11.3 Å². The lowest BCUT2D eigenvalue weighted by Gasteiger charge is -2.28. The summed E-state index contributed by atoms with van der Waals surface area (Å²) in [5.74, 6) is 1.75. The lowest BCUT2D eigenvalue weighted by Crippen LogP contribution is -2.38. The van der Waals surface area contributed by atoms with Crippen LogP contribution >= 0.6 is 11.8 Å². The summed E-state index contributed by atoms with van der Waals surface area (Å²) in [5.41, 5.74) is 2.41. The highest BCUT2D eigenvalue weighted by molar-refractivity contribution is 7.99. The Morgan fingerprint density at radius 1 is 1.24 bits per heavy atom. The smallest absolute Gasteiger partial charge is 0.232 e. The molecule has 1 aromatic heterocycles. The van der Waals surface area contributed by atoms with Crippen LogP contribution in [-0.2, 0) is 11.2 Å². The molecule has 1 fully saturated rings. The molecule has 2 aromatic rings. The van der Waals surface area contributed by atoms with Gasteiger partial charge >= 0.3 is 0 Å². The number of anilines is 1. The molecule has 0 bridgehead atoms. The lowest BCUT2D eigenvalue weighted by molar-refractivity contribution is 0.122. The first-order chi connectivity index (χ1) is 12.3. The monoisotopic (exact) mass is 357 g/mol. The fraction of sp³-hybridized carbons (Fsp3) is 0.500. The largest absolute Gasteiger partial charge is 0.378 e. The molecule has 25 heavy (non-hydrogen) atoms. The third-order valence-electron chi connectivity index (χ3n) is 4.19. The molecule has 0 saturated carbocycles. The van der Waals surface area contributed by atoms with Crippen molar-refractivity contribution in [3.63, 3.8) is 0 Å². The minimum Gasteiger partial charge on any atom is -0.378 e. The molecule has 1 saturated heterocycles. The van der Waals surface area contributed by atoms with Gasteiger partial charge in [-0.25, -0.2) is 0 Å². The summed E-state index contributed by atoms with van der Waals surface area (Å²) >= 11 is 1.67. The Morgan fingerprint density at radius 2 is 2.04 bits per heavy atom. The van der Waals surface area contributed by atoms with E-state index in [0.717, 1.165) is 48.5 Å². The van der Waals surface area contributed by atoms with Crippen molar-refractivity contribution >= 4 is 17.7 Å². The van der Waals surface area contributed by atoms with Crippen LogP contribution in [0.2, 0.25) is 0 Å². The topological polar surface area (TPSA) is 67.0 Å². The first-order valence-electron chi connectivity index (χ1n) is 8.71. The number of hydrogen-bond acceptors (Lipinski definition) is 6. The van der Waals surface area contributed by atoms with Crippen molar-refractivity contribution in [1.29, 1.82) is 5.26 Å². The molecule has 0 spiro atoms. The molecule has 3 rings (SSSR count). The van der Waals surface area contributed by atoms with E-state index in [1.165, 1.54) is 5.56 Å². The van der Waals surface area contributed by atoms with Crippen LogP contribution in [0.1, 0.15) is 25.3 Å². The van der Waals surface area contributed by atoms with Gasteiger partial charge in [0.05, 0.1) is 25.0 Å². The highest BCUT2D eigenvalue weighted by Gasteiger charge is 2.22. The molecular formula is C18H23N5OS. The van der Waals surface area contributed by atoms with Gasteiger partial charge in [0.1, 0.15) is 0 Å². The van der Waals surface area contributed by atoms with E-state index in [-0.39, 0.29) is 0 Å².